The Bertz CT molecular complexity index is 632. The van der Waals surface area contributed by atoms with Gasteiger partial charge in [-0.25, -0.2) is 9.37 Å². The number of aromatic nitrogens is 1. The number of benzene rings is 1. The summed E-state index contributed by atoms with van der Waals surface area (Å²) in [4.78, 5) is 8.39. The standard InChI is InChI=1S/C17H21FN4O.HI/c1-3-10-20-17(19-2)22-12-13-4-9-16(21-11-13)23-15-7-5-14(18)6-8-15;/h4-9,11H,3,10,12H2,1-2H3,(H2,19,20,22);1H. The summed E-state index contributed by atoms with van der Waals surface area (Å²) in [6, 6.07) is 9.53. The lowest BCUT2D eigenvalue weighted by Gasteiger charge is -2.11. The first kappa shape index (κ1) is 20.1. The van der Waals surface area contributed by atoms with E-state index in [1.165, 1.54) is 12.1 Å². The van der Waals surface area contributed by atoms with Crippen LogP contribution in [0.25, 0.3) is 0 Å². The summed E-state index contributed by atoms with van der Waals surface area (Å²) < 4.78 is 18.4. The van der Waals surface area contributed by atoms with E-state index >= 15 is 0 Å². The van der Waals surface area contributed by atoms with Crippen molar-refractivity contribution in [2.24, 2.45) is 4.99 Å². The third-order valence-electron chi connectivity index (χ3n) is 3.06. The summed E-state index contributed by atoms with van der Waals surface area (Å²) >= 11 is 0. The maximum absolute atomic E-state index is 12.8. The molecule has 1 aromatic carbocycles. The molecule has 0 aliphatic heterocycles. The SMILES string of the molecule is CCCNC(=NC)NCc1ccc(Oc2ccc(F)cc2)nc1.I. The van der Waals surface area contributed by atoms with Gasteiger partial charge in [-0.05, 0) is 36.2 Å². The van der Waals surface area contributed by atoms with Gasteiger partial charge < -0.3 is 15.4 Å². The lowest BCUT2D eigenvalue weighted by Crippen LogP contribution is -2.37. The van der Waals surface area contributed by atoms with Crippen molar-refractivity contribution < 1.29 is 9.13 Å². The quantitative estimate of drug-likeness (QED) is 0.405. The third-order valence-corrected chi connectivity index (χ3v) is 3.06. The maximum Gasteiger partial charge on any atom is 0.219 e. The van der Waals surface area contributed by atoms with Crippen LogP contribution in [0.5, 0.6) is 11.6 Å². The molecule has 0 radical (unpaired) electrons. The summed E-state index contributed by atoms with van der Waals surface area (Å²) in [7, 11) is 1.74. The molecule has 2 N–H and O–H groups in total. The van der Waals surface area contributed by atoms with Gasteiger partial charge in [0.25, 0.3) is 0 Å². The average Bonchev–Trinajstić information content (AvgIpc) is 2.58. The van der Waals surface area contributed by atoms with Crippen LogP contribution in [0, 0.1) is 5.82 Å². The Balaban J connectivity index is 0.00000288. The van der Waals surface area contributed by atoms with E-state index in [1.807, 2.05) is 6.07 Å². The normalized spacial score (nSPS) is 10.7. The van der Waals surface area contributed by atoms with E-state index in [0.717, 1.165) is 24.5 Å². The van der Waals surface area contributed by atoms with Crippen LogP contribution in [0.1, 0.15) is 18.9 Å². The zero-order valence-electron chi connectivity index (χ0n) is 13.8. The predicted molar refractivity (Wildman–Crippen MR) is 105 cm³/mol. The van der Waals surface area contributed by atoms with Gasteiger partial charge in [0.2, 0.25) is 5.88 Å². The van der Waals surface area contributed by atoms with Crippen molar-refractivity contribution in [2.45, 2.75) is 19.9 Å². The van der Waals surface area contributed by atoms with Crippen molar-refractivity contribution >= 4 is 29.9 Å². The summed E-state index contributed by atoms with van der Waals surface area (Å²) in [6.07, 6.45) is 2.77. The van der Waals surface area contributed by atoms with Crippen LogP contribution < -0.4 is 15.4 Å². The Kier molecular flexibility index (Phi) is 9.06. The molecule has 1 aromatic heterocycles. The van der Waals surface area contributed by atoms with E-state index in [0.29, 0.717) is 18.2 Å². The second-order valence-corrected chi connectivity index (χ2v) is 4.91. The second-order valence-electron chi connectivity index (χ2n) is 4.91. The van der Waals surface area contributed by atoms with Gasteiger partial charge in [0, 0.05) is 32.4 Å². The fourth-order valence-electron chi connectivity index (χ4n) is 1.85. The van der Waals surface area contributed by atoms with Crippen molar-refractivity contribution in [2.75, 3.05) is 13.6 Å². The number of hydrogen-bond acceptors (Lipinski definition) is 3. The smallest absolute Gasteiger partial charge is 0.219 e. The zero-order valence-corrected chi connectivity index (χ0v) is 16.1. The predicted octanol–water partition coefficient (Wildman–Crippen LogP) is 3.71. The Labute approximate surface area is 158 Å². The minimum absolute atomic E-state index is 0. The first-order valence-electron chi connectivity index (χ1n) is 7.54. The van der Waals surface area contributed by atoms with Crippen LogP contribution in [-0.4, -0.2) is 24.5 Å². The molecule has 7 heteroatoms. The van der Waals surface area contributed by atoms with Crippen LogP contribution in [0.2, 0.25) is 0 Å². The van der Waals surface area contributed by atoms with E-state index in [-0.39, 0.29) is 29.8 Å². The van der Waals surface area contributed by atoms with Crippen LogP contribution in [0.4, 0.5) is 4.39 Å². The summed E-state index contributed by atoms with van der Waals surface area (Å²) in [5.41, 5.74) is 1.01. The van der Waals surface area contributed by atoms with Gasteiger partial charge in [0.15, 0.2) is 5.96 Å². The second kappa shape index (κ2) is 10.8. The van der Waals surface area contributed by atoms with E-state index in [9.17, 15) is 4.39 Å². The van der Waals surface area contributed by atoms with E-state index in [4.69, 9.17) is 4.74 Å². The minimum Gasteiger partial charge on any atom is -0.439 e. The van der Waals surface area contributed by atoms with Crippen molar-refractivity contribution in [3.05, 3.63) is 54.0 Å². The van der Waals surface area contributed by atoms with E-state index in [1.54, 1.807) is 31.4 Å². The molecule has 0 saturated carbocycles. The molecule has 0 saturated heterocycles. The molecular weight excluding hydrogens is 422 g/mol. The molecule has 130 valence electrons. The lowest BCUT2D eigenvalue weighted by atomic mass is 10.3. The molecule has 0 atom stereocenters. The molecule has 2 rings (SSSR count). The average molecular weight is 444 g/mol. The summed E-state index contributed by atoms with van der Waals surface area (Å²) in [5, 5.41) is 6.41. The number of hydrogen-bond donors (Lipinski definition) is 2. The Hall–Kier alpha value is -1.90. The minimum atomic E-state index is -0.295. The van der Waals surface area contributed by atoms with Gasteiger partial charge in [-0.15, -0.1) is 24.0 Å². The first-order chi connectivity index (χ1) is 11.2. The Morgan fingerprint density at radius 1 is 1.17 bits per heavy atom. The van der Waals surface area contributed by atoms with Gasteiger partial charge in [0.1, 0.15) is 11.6 Å². The third kappa shape index (κ3) is 6.69. The van der Waals surface area contributed by atoms with Crippen LogP contribution >= 0.6 is 24.0 Å². The van der Waals surface area contributed by atoms with Crippen molar-refractivity contribution in [1.29, 1.82) is 0 Å². The molecule has 5 nitrogen and oxygen atoms in total. The van der Waals surface area contributed by atoms with Crippen LogP contribution in [-0.2, 0) is 6.54 Å². The largest absolute Gasteiger partial charge is 0.439 e. The molecule has 0 aliphatic rings. The van der Waals surface area contributed by atoms with Gasteiger partial charge in [0.05, 0.1) is 0 Å². The highest BCUT2D eigenvalue weighted by atomic mass is 127. The number of pyridine rings is 1. The van der Waals surface area contributed by atoms with Crippen molar-refractivity contribution in [3.63, 3.8) is 0 Å². The molecule has 0 fully saturated rings. The number of rotatable bonds is 6. The molecule has 24 heavy (non-hydrogen) atoms. The lowest BCUT2D eigenvalue weighted by molar-refractivity contribution is 0.461. The molecule has 2 aromatic rings. The fraction of sp³-hybridized carbons (Fsp3) is 0.294. The van der Waals surface area contributed by atoms with Crippen molar-refractivity contribution in [1.82, 2.24) is 15.6 Å². The number of nitrogens with one attached hydrogen (secondary N) is 2. The monoisotopic (exact) mass is 444 g/mol. The Morgan fingerprint density at radius 2 is 1.92 bits per heavy atom. The number of nitrogens with zero attached hydrogens (tertiary/aromatic N) is 2. The molecule has 0 bridgehead atoms. The van der Waals surface area contributed by atoms with E-state index < -0.39 is 0 Å². The molecular formula is C17H22FIN4O. The fourth-order valence-corrected chi connectivity index (χ4v) is 1.85. The van der Waals surface area contributed by atoms with Crippen LogP contribution in [0.3, 0.4) is 0 Å². The number of guanidine groups is 1. The highest BCUT2D eigenvalue weighted by molar-refractivity contribution is 14.0. The summed E-state index contributed by atoms with van der Waals surface area (Å²) in [5.74, 6) is 1.48. The topological polar surface area (TPSA) is 58.5 Å². The highest BCUT2D eigenvalue weighted by Gasteiger charge is 2.01. The number of halogens is 2. The molecule has 0 spiro atoms. The Morgan fingerprint density at radius 3 is 2.50 bits per heavy atom. The highest BCUT2D eigenvalue weighted by Crippen LogP contribution is 2.19. The van der Waals surface area contributed by atoms with Crippen LogP contribution in [0.15, 0.2) is 47.6 Å². The number of aliphatic imine (C=N–C) groups is 1. The van der Waals surface area contributed by atoms with Gasteiger partial charge in [-0.2, -0.15) is 0 Å². The van der Waals surface area contributed by atoms with Gasteiger partial charge in [-0.3, -0.25) is 4.99 Å². The van der Waals surface area contributed by atoms with Gasteiger partial charge in [-0.1, -0.05) is 13.0 Å². The van der Waals surface area contributed by atoms with E-state index in [2.05, 4.69) is 27.5 Å². The first-order valence-corrected chi connectivity index (χ1v) is 7.54. The molecule has 1 heterocycles. The molecule has 0 unspecified atom stereocenters. The van der Waals surface area contributed by atoms with Crippen molar-refractivity contribution in [3.8, 4) is 11.6 Å². The zero-order chi connectivity index (χ0) is 16.5. The van der Waals surface area contributed by atoms with Gasteiger partial charge >= 0.3 is 0 Å². The number of ether oxygens (including phenoxy) is 1. The summed E-state index contributed by atoms with van der Waals surface area (Å²) in [6.45, 7) is 3.60. The maximum atomic E-state index is 12.8. The molecule has 0 amide bonds. The molecule has 0 aliphatic carbocycles.